The largest absolute Gasteiger partial charge is 0.334 e. The second kappa shape index (κ2) is 7.49. The number of nitrogens with one attached hydrogen (secondary N) is 2. The van der Waals surface area contributed by atoms with Crippen LogP contribution >= 0.6 is 11.8 Å². The van der Waals surface area contributed by atoms with Crippen molar-refractivity contribution in [1.82, 2.24) is 5.32 Å². The minimum atomic E-state index is -0.972. The van der Waals surface area contributed by atoms with Crippen molar-refractivity contribution in [3.8, 4) is 0 Å². The summed E-state index contributed by atoms with van der Waals surface area (Å²) < 4.78 is 24.5. The topological polar surface area (TPSA) is 58.2 Å². The minimum Gasteiger partial charge on any atom is -0.334 e. The number of thioether (sulfide) groups is 1. The molecular weight excluding hydrogens is 287 g/mol. The summed E-state index contributed by atoms with van der Waals surface area (Å²) in [6.07, 6.45) is 3.36. The van der Waals surface area contributed by atoms with Crippen molar-refractivity contribution in [2.24, 2.45) is 0 Å². The molecular formula is C12H17FN2O2S2. The maximum Gasteiger partial charge on any atom is 0.319 e. The number of rotatable bonds is 5. The zero-order chi connectivity index (χ0) is 14.4. The molecule has 19 heavy (non-hydrogen) atoms. The van der Waals surface area contributed by atoms with Crippen LogP contribution in [0.15, 0.2) is 23.1 Å². The molecule has 4 nitrogen and oxygen atoms in total. The molecule has 0 aliphatic rings. The van der Waals surface area contributed by atoms with Crippen molar-refractivity contribution >= 4 is 34.3 Å². The molecule has 1 aromatic carbocycles. The highest BCUT2D eigenvalue weighted by Crippen LogP contribution is 2.22. The molecule has 0 aromatic heterocycles. The van der Waals surface area contributed by atoms with Crippen LogP contribution < -0.4 is 10.6 Å². The van der Waals surface area contributed by atoms with Gasteiger partial charge in [-0.1, -0.05) is 0 Å². The minimum absolute atomic E-state index is 0.207. The maximum absolute atomic E-state index is 13.5. The van der Waals surface area contributed by atoms with Gasteiger partial charge in [-0.15, -0.1) is 11.8 Å². The van der Waals surface area contributed by atoms with Crippen molar-refractivity contribution in [3.05, 3.63) is 24.0 Å². The highest BCUT2D eigenvalue weighted by molar-refractivity contribution is 7.98. The Morgan fingerprint density at radius 1 is 1.53 bits per heavy atom. The highest BCUT2D eigenvalue weighted by atomic mass is 32.2. The van der Waals surface area contributed by atoms with Gasteiger partial charge < -0.3 is 10.6 Å². The zero-order valence-corrected chi connectivity index (χ0v) is 12.7. The number of carbonyl (C=O) groups is 1. The lowest BCUT2D eigenvalue weighted by Crippen LogP contribution is -2.39. The average Bonchev–Trinajstić information content (AvgIpc) is 2.27. The third kappa shape index (κ3) is 5.61. The Bertz CT molecular complexity index is 483. The lowest BCUT2D eigenvalue weighted by atomic mass is 10.3. The van der Waals surface area contributed by atoms with E-state index in [-0.39, 0.29) is 11.9 Å². The lowest BCUT2D eigenvalue weighted by Gasteiger charge is -2.13. The van der Waals surface area contributed by atoms with E-state index in [2.05, 4.69) is 10.6 Å². The number of hydrogen-bond donors (Lipinski definition) is 2. The molecule has 1 aromatic rings. The molecule has 2 unspecified atom stereocenters. The fourth-order valence-electron chi connectivity index (χ4n) is 1.53. The average molecular weight is 304 g/mol. The maximum atomic E-state index is 13.5. The number of anilines is 1. The molecule has 0 saturated carbocycles. The van der Waals surface area contributed by atoms with E-state index >= 15 is 0 Å². The number of carbonyl (C=O) groups excluding carboxylic acids is 1. The van der Waals surface area contributed by atoms with Crippen molar-refractivity contribution in [2.75, 3.05) is 23.6 Å². The van der Waals surface area contributed by atoms with Crippen LogP contribution in [0.4, 0.5) is 14.9 Å². The van der Waals surface area contributed by atoms with Gasteiger partial charge in [0.1, 0.15) is 5.82 Å². The van der Waals surface area contributed by atoms with E-state index in [0.717, 1.165) is 0 Å². The van der Waals surface area contributed by atoms with Gasteiger partial charge in [-0.3, -0.25) is 4.21 Å². The SMILES string of the molecule is CSc1ccc(NC(=O)NC(C)CS(C)=O)cc1F. The lowest BCUT2D eigenvalue weighted by molar-refractivity contribution is 0.250. The number of amides is 2. The first-order chi connectivity index (χ1) is 8.92. The Hall–Kier alpha value is -1.08. The molecule has 0 spiro atoms. The molecule has 0 bridgehead atoms. The molecule has 2 amide bonds. The quantitative estimate of drug-likeness (QED) is 0.822. The summed E-state index contributed by atoms with van der Waals surface area (Å²) in [5.74, 6) is 0.0146. The predicted molar refractivity (Wildman–Crippen MR) is 78.7 cm³/mol. The van der Waals surface area contributed by atoms with Crippen molar-refractivity contribution in [3.63, 3.8) is 0 Å². The Morgan fingerprint density at radius 2 is 2.21 bits per heavy atom. The Morgan fingerprint density at radius 3 is 2.74 bits per heavy atom. The van der Waals surface area contributed by atoms with Crippen LogP contribution in [-0.4, -0.2) is 34.5 Å². The molecule has 0 aliphatic heterocycles. The number of hydrogen-bond acceptors (Lipinski definition) is 3. The summed E-state index contributed by atoms with van der Waals surface area (Å²) in [6.45, 7) is 1.76. The van der Waals surface area contributed by atoms with Crippen LogP contribution in [0.3, 0.4) is 0 Å². The van der Waals surface area contributed by atoms with Gasteiger partial charge in [0.05, 0.1) is 0 Å². The standard InChI is InChI=1S/C12H17FN2O2S2/c1-8(7-19(3)17)14-12(16)15-9-4-5-11(18-2)10(13)6-9/h4-6,8H,7H2,1-3H3,(H2,14,15,16). The van der Waals surface area contributed by atoms with Crippen LogP contribution in [0.25, 0.3) is 0 Å². The molecule has 106 valence electrons. The summed E-state index contributed by atoms with van der Waals surface area (Å²) in [7, 11) is -0.972. The number of urea groups is 1. The third-order valence-corrected chi connectivity index (χ3v) is 4.01. The first-order valence-corrected chi connectivity index (χ1v) is 8.58. The van der Waals surface area contributed by atoms with Gasteiger partial charge in [-0.05, 0) is 31.4 Å². The molecule has 7 heteroatoms. The van der Waals surface area contributed by atoms with Gasteiger partial charge in [0.25, 0.3) is 0 Å². The van der Waals surface area contributed by atoms with E-state index in [1.807, 2.05) is 0 Å². The van der Waals surface area contributed by atoms with E-state index in [0.29, 0.717) is 16.3 Å². The van der Waals surface area contributed by atoms with E-state index in [1.54, 1.807) is 31.6 Å². The third-order valence-electron chi connectivity index (χ3n) is 2.27. The summed E-state index contributed by atoms with van der Waals surface area (Å²) in [6, 6.07) is 3.88. The van der Waals surface area contributed by atoms with Gasteiger partial charge in [0, 0.05) is 39.4 Å². The summed E-state index contributed by atoms with van der Waals surface area (Å²) in [5.41, 5.74) is 0.387. The summed E-state index contributed by atoms with van der Waals surface area (Å²) in [4.78, 5) is 12.1. The molecule has 0 aliphatic carbocycles. The van der Waals surface area contributed by atoms with Gasteiger partial charge in [-0.2, -0.15) is 0 Å². The predicted octanol–water partition coefficient (Wildman–Crippen LogP) is 2.44. The molecule has 2 atom stereocenters. The zero-order valence-electron chi connectivity index (χ0n) is 11.0. The second-order valence-electron chi connectivity index (χ2n) is 4.09. The monoisotopic (exact) mass is 304 g/mol. The Kier molecular flexibility index (Phi) is 6.30. The fraction of sp³-hybridized carbons (Fsp3) is 0.417. The first-order valence-electron chi connectivity index (χ1n) is 5.63. The van der Waals surface area contributed by atoms with Gasteiger partial charge in [-0.25, -0.2) is 9.18 Å². The van der Waals surface area contributed by atoms with E-state index in [4.69, 9.17) is 0 Å². The molecule has 1 rings (SSSR count). The molecule has 0 radical (unpaired) electrons. The number of halogens is 1. The van der Waals surface area contributed by atoms with Crippen LogP contribution in [0.2, 0.25) is 0 Å². The Labute approximate surface area is 119 Å². The van der Waals surface area contributed by atoms with Crippen LogP contribution in [-0.2, 0) is 10.8 Å². The van der Waals surface area contributed by atoms with Crippen molar-refractivity contribution in [2.45, 2.75) is 17.9 Å². The first kappa shape index (κ1) is 16.0. The van der Waals surface area contributed by atoms with E-state index in [1.165, 1.54) is 17.8 Å². The normalized spacial score (nSPS) is 13.7. The summed E-state index contributed by atoms with van der Waals surface area (Å²) in [5, 5.41) is 5.18. The van der Waals surface area contributed by atoms with Crippen LogP contribution in [0.1, 0.15) is 6.92 Å². The smallest absolute Gasteiger partial charge is 0.319 e. The van der Waals surface area contributed by atoms with E-state index in [9.17, 15) is 13.4 Å². The second-order valence-corrected chi connectivity index (χ2v) is 6.42. The van der Waals surface area contributed by atoms with Crippen molar-refractivity contribution < 1.29 is 13.4 Å². The Balaban J connectivity index is 2.57. The van der Waals surface area contributed by atoms with Gasteiger partial charge in [0.2, 0.25) is 0 Å². The molecule has 0 saturated heterocycles. The molecule has 2 N–H and O–H groups in total. The number of benzene rings is 1. The molecule has 0 fully saturated rings. The summed E-state index contributed by atoms with van der Waals surface area (Å²) >= 11 is 1.30. The van der Waals surface area contributed by atoms with Crippen LogP contribution in [0, 0.1) is 5.82 Å². The van der Waals surface area contributed by atoms with Gasteiger partial charge in [0.15, 0.2) is 0 Å². The van der Waals surface area contributed by atoms with E-state index < -0.39 is 16.8 Å². The van der Waals surface area contributed by atoms with Gasteiger partial charge >= 0.3 is 6.03 Å². The highest BCUT2D eigenvalue weighted by Gasteiger charge is 2.10. The molecule has 0 heterocycles. The fourth-order valence-corrected chi connectivity index (χ4v) is 2.77. The van der Waals surface area contributed by atoms with Crippen LogP contribution in [0.5, 0.6) is 0 Å². The van der Waals surface area contributed by atoms with Crippen molar-refractivity contribution in [1.29, 1.82) is 0 Å².